The number of anilines is 1. The van der Waals surface area contributed by atoms with Crippen LogP contribution in [0.3, 0.4) is 0 Å². The summed E-state index contributed by atoms with van der Waals surface area (Å²) in [6.45, 7) is 2.64. The maximum absolute atomic E-state index is 5.51. The Hall–Kier alpha value is -2.67. The maximum Gasteiger partial charge on any atom is 0.248 e. The summed E-state index contributed by atoms with van der Waals surface area (Å²) in [4.78, 5) is 1.16. The number of aromatic nitrogens is 4. The molecule has 1 aliphatic rings. The highest BCUT2D eigenvalue weighted by molar-refractivity contribution is 7.11. The minimum Gasteiger partial charge on any atom is -0.494 e. The highest BCUT2D eigenvalue weighted by Crippen LogP contribution is 2.33. The highest BCUT2D eigenvalue weighted by Gasteiger charge is 2.24. The van der Waals surface area contributed by atoms with E-state index >= 15 is 0 Å². The zero-order chi connectivity index (χ0) is 15.6. The normalized spacial score (nSPS) is 16.4. The average molecular weight is 325 g/mol. The molecule has 3 aromatic rings. The van der Waals surface area contributed by atoms with Crippen LogP contribution in [-0.2, 0) is 0 Å². The van der Waals surface area contributed by atoms with Crippen molar-refractivity contribution in [3.8, 4) is 5.75 Å². The average Bonchev–Trinajstić information content (AvgIpc) is 3.26. The minimum absolute atomic E-state index is 0.0472. The second-order valence-corrected chi connectivity index (χ2v) is 6.02. The molecule has 116 valence electrons. The number of ether oxygens (including phenoxy) is 1. The fourth-order valence-electron chi connectivity index (χ4n) is 2.59. The van der Waals surface area contributed by atoms with Gasteiger partial charge in [0.25, 0.3) is 0 Å². The van der Waals surface area contributed by atoms with Gasteiger partial charge >= 0.3 is 0 Å². The molecular formula is C16H15N5OS. The van der Waals surface area contributed by atoms with Crippen molar-refractivity contribution in [2.45, 2.75) is 13.0 Å². The zero-order valence-corrected chi connectivity index (χ0v) is 13.3. The van der Waals surface area contributed by atoms with Crippen LogP contribution in [0, 0.1) is 0 Å². The summed E-state index contributed by atoms with van der Waals surface area (Å²) < 4.78 is 7.29. The van der Waals surface area contributed by atoms with Crippen molar-refractivity contribution in [2.24, 2.45) is 0 Å². The Kier molecular flexibility index (Phi) is 3.55. The van der Waals surface area contributed by atoms with Crippen molar-refractivity contribution in [1.29, 1.82) is 0 Å². The van der Waals surface area contributed by atoms with Gasteiger partial charge in [0, 0.05) is 0 Å². The zero-order valence-electron chi connectivity index (χ0n) is 12.5. The first kappa shape index (κ1) is 14.0. The standard InChI is InChI=1S/C16H15N5OS/c1-2-22-12-7-5-11(6-8-12)14-10-13(15-4-3-9-23-15)17-16-18-19-20-21(14)16/h3-10,14H,2H2,1H3,(H,17,18,20)/t14-/m1/s1. The molecule has 0 saturated heterocycles. The fraction of sp³-hybridized carbons (Fsp3) is 0.188. The van der Waals surface area contributed by atoms with Crippen molar-refractivity contribution in [3.05, 3.63) is 58.3 Å². The van der Waals surface area contributed by atoms with Crippen LogP contribution >= 0.6 is 11.3 Å². The van der Waals surface area contributed by atoms with Gasteiger partial charge < -0.3 is 10.1 Å². The molecule has 2 aromatic heterocycles. The molecular weight excluding hydrogens is 310 g/mol. The van der Waals surface area contributed by atoms with Gasteiger partial charge in [-0.05, 0) is 52.6 Å². The number of benzene rings is 1. The summed E-state index contributed by atoms with van der Waals surface area (Å²) >= 11 is 1.68. The van der Waals surface area contributed by atoms with Gasteiger partial charge in [-0.2, -0.15) is 4.68 Å². The summed E-state index contributed by atoms with van der Waals surface area (Å²) in [7, 11) is 0. The minimum atomic E-state index is -0.0472. The van der Waals surface area contributed by atoms with Crippen molar-refractivity contribution >= 4 is 23.0 Å². The molecule has 4 rings (SSSR count). The topological polar surface area (TPSA) is 64.9 Å². The molecule has 0 amide bonds. The molecule has 0 radical (unpaired) electrons. The van der Waals surface area contributed by atoms with E-state index in [1.165, 1.54) is 0 Å². The lowest BCUT2D eigenvalue weighted by atomic mass is 10.0. The van der Waals surface area contributed by atoms with Crippen LogP contribution in [0.2, 0.25) is 0 Å². The number of nitrogens with zero attached hydrogens (tertiary/aromatic N) is 4. The Morgan fingerprint density at radius 1 is 1.26 bits per heavy atom. The van der Waals surface area contributed by atoms with Crippen LogP contribution in [0.1, 0.15) is 23.4 Å². The first-order valence-corrected chi connectivity index (χ1v) is 8.26. The number of tetrazole rings is 1. The maximum atomic E-state index is 5.51. The molecule has 6 nitrogen and oxygen atoms in total. The van der Waals surface area contributed by atoms with Gasteiger partial charge in [-0.3, -0.25) is 0 Å². The van der Waals surface area contributed by atoms with E-state index in [0.29, 0.717) is 12.6 Å². The molecule has 1 aromatic carbocycles. The monoisotopic (exact) mass is 325 g/mol. The van der Waals surface area contributed by atoms with Gasteiger partial charge in [0.2, 0.25) is 5.95 Å². The third-order valence-electron chi connectivity index (χ3n) is 3.65. The molecule has 0 aliphatic carbocycles. The van der Waals surface area contributed by atoms with Crippen LogP contribution in [-0.4, -0.2) is 26.8 Å². The molecule has 0 fully saturated rings. The molecule has 0 unspecified atom stereocenters. The number of fused-ring (bicyclic) bond motifs is 1. The van der Waals surface area contributed by atoms with Gasteiger partial charge in [-0.25, -0.2) is 0 Å². The smallest absolute Gasteiger partial charge is 0.248 e. The summed E-state index contributed by atoms with van der Waals surface area (Å²) in [6, 6.07) is 12.1. The molecule has 1 aliphatic heterocycles. The Labute approximate surface area is 137 Å². The summed E-state index contributed by atoms with van der Waals surface area (Å²) in [5.41, 5.74) is 2.14. The van der Waals surface area contributed by atoms with E-state index in [2.05, 4.69) is 50.5 Å². The number of thiophene rings is 1. The number of allylic oxidation sites excluding steroid dienone is 1. The quantitative estimate of drug-likeness (QED) is 0.798. The first-order valence-electron chi connectivity index (χ1n) is 7.38. The van der Waals surface area contributed by atoms with E-state index in [-0.39, 0.29) is 6.04 Å². The van der Waals surface area contributed by atoms with Crippen molar-refractivity contribution < 1.29 is 4.74 Å². The summed E-state index contributed by atoms with van der Waals surface area (Å²) in [5.74, 6) is 1.51. The Balaban J connectivity index is 1.73. The Bertz CT molecular complexity index is 823. The second-order valence-electron chi connectivity index (χ2n) is 5.08. The summed E-state index contributed by atoms with van der Waals surface area (Å²) in [5, 5.41) is 17.3. The van der Waals surface area contributed by atoms with Crippen LogP contribution in [0.25, 0.3) is 5.70 Å². The SMILES string of the molecule is CCOc1ccc([C@H]2C=C(c3cccs3)Nc3nnnn32)cc1. The first-order chi connectivity index (χ1) is 11.3. The third-order valence-corrected chi connectivity index (χ3v) is 4.55. The van der Waals surface area contributed by atoms with E-state index in [0.717, 1.165) is 21.9 Å². The molecule has 3 heterocycles. The Morgan fingerprint density at radius 2 is 2.13 bits per heavy atom. The number of hydrogen-bond acceptors (Lipinski definition) is 6. The van der Waals surface area contributed by atoms with E-state index in [9.17, 15) is 0 Å². The van der Waals surface area contributed by atoms with Gasteiger partial charge in [0.15, 0.2) is 0 Å². The van der Waals surface area contributed by atoms with Crippen molar-refractivity contribution in [2.75, 3.05) is 11.9 Å². The van der Waals surface area contributed by atoms with Crippen LogP contribution in [0.4, 0.5) is 5.95 Å². The van der Waals surface area contributed by atoms with Crippen molar-refractivity contribution in [1.82, 2.24) is 20.2 Å². The molecule has 0 bridgehead atoms. The molecule has 0 saturated carbocycles. The lowest BCUT2D eigenvalue weighted by molar-refractivity contribution is 0.340. The largest absolute Gasteiger partial charge is 0.494 e. The molecule has 23 heavy (non-hydrogen) atoms. The van der Waals surface area contributed by atoms with E-state index in [1.54, 1.807) is 16.0 Å². The van der Waals surface area contributed by atoms with Crippen molar-refractivity contribution in [3.63, 3.8) is 0 Å². The van der Waals surface area contributed by atoms with Gasteiger partial charge in [0.1, 0.15) is 11.8 Å². The van der Waals surface area contributed by atoms with Gasteiger partial charge in [-0.1, -0.05) is 23.3 Å². The predicted octanol–water partition coefficient (Wildman–Crippen LogP) is 3.19. The highest BCUT2D eigenvalue weighted by atomic mass is 32.1. The summed E-state index contributed by atoms with van der Waals surface area (Å²) in [6.07, 6.45) is 2.14. The van der Waals surface area contributed by atoms with Crippen LogP contribution in [0.15, 0.2) is 47.9 Å². The lowest BCUT2D eigenvalue weighted by Gasteiger charge is -2.23. The number of hydrogen-bond donors (Lipinski definition) is 1. The van der Waals surface area contributed by atoms with Gasteiger partial charge in [-0.15, -0.1) is 11.3 Å². The molecule has 1 atom stereocenters. The van der Waals surface area contributed by atoms with E-state index in [4.69, 9.17) is 4.74 Å². The van der Waals surface area contributed by atoms with Crippen LogP contribution in [0.5, 0.6) is 5.75 Å². The fourth-order valence-corrected chi connectivity index (χ4v) is 3.30. The molecule has 0 spiro atoms. The van der Waals surface area contributed by atoms with E-state index < -0.39 is 0 Å². The predicted molar refractivity (Wildman–Crippen MR) is 89.5 cm³/mol. The van der Waals surface area contributed by atoms with E-state index in [1.807, 2.05) is 25.1 Å². The van der Waals surface area contributed by atoms with Gasteiger partial charge in [0.05, 0.1) is 17.2 Å². The third kappa shape index (κ3) is 2.59. The second kappa shape index (κ2) is 5.85. The number of rotatable bonds is 4. The van der Waals surface area contributed by atoms with Crippen LogP contribution < -0.4 is 10.1 Å². The molecule has 7 heteroatoms. The Morgan fingerprint density at radius 3 is 2.87 bits per heavy atom. The number of nitrogens with one attached hydrogen (secondary N) is 1. The lowest BCUT2D eigenvalue weighted by Crippen LogP contribution is -2.19. The molecule has 1 N–H and O–H groups in total.